The first-order valence-corrected chi connectivity index (χ1v) is 2.68. The summed E-state index contributed by atoms with van der Waals surface area (Å²) < 4.78 is 0. The quantitative estimate of drug-likeness (QED) is 0.468. The zero-order valence-corrected chi connectivity index (χ0v) is 4.57. The van der Waals surface area contributed by atoms with Crippen molar-refractivity contribution in [2.45, 2.75) is 19.4 Å². The van der Waals surface area contributed by atoms with E-state index < -0.39 is 0 Å². The van der Waals surface area contributed by atoms with Crippen LogP contribution in [0.2, 0.25) is 0 Å². The molecule has 0 aliphatic carbocycles. The summed E-state index contributed by atoms with van der Waals surface area (Å²) >= 11 is 0. The molecule has 1 aliphatic heterocycles. The Bertz CT molecular complexity index is 76.2. The van der Waals surface area contributed by atoms with Crippen molar-refractivity contribution in [3.63, 3.8) is 0 Å². The lowest BCUT2D eigenvalue weighted by atomic mass is 10.2. The second kappa shape index (κ2) is 2.12. The molecule has 1 atom stereocenters. The highest BCUT2D eigenvalue weighted by atomic mass is 14.9. The lowest BCUT2D eigenvalue weighted by Gasteiger charge is -2.12. The first-order valence-electron chi connectivity index (χ1n) is 2.68. The molecule has 0 amide bonds. The van der Waals surface area contributed by atoms with Crippen LogP contribution in [-0.2, 0) is 0 Å². The van der Waals surface area contributed by atoms with Gasteiger partial charge in [-0.1, -0.05) is 6.08 Å². The largest absolute Gasteiger partial charge is 0.310 e. The summed E-state index contributed by atoms with van der Waals surface area (Å²) in [7, 11) is 0. The molecule has 1 rings (SSSR count). The Labute approximate surface area is 44.4 Å². The third-order valence-corrected chi connectivity index (χ3v) is 1.14. The van der Waals surface area contributed by atoms with Gasteiger partial charge < -0.3 is 5.32 Å². The smallest absolute Gasteiger partial charge is 0.0143 e. The molecule has 0 aromatic carbocycles. The van der Waals surface area contributed by atoms with Gasteiger partial charge in [0.25, 0.3) is 0 Å². The molecule has 0 spiro atoms. The molecule has 7 heavy (non-hydrogen) atoms. The maximum atomic E-state index is 3.26. The lowest BCUT2D eigenvalue weighted by molar-refractivity contribution is 0.562. The van der Waals surface area contributed by atoms with Crippen molar-refractivity contribution in [1.29, 1.82) is 0 Å². The maximum Gasteiger partial charge on any atom is 0.0143 e. The van der Waals surface area contributed by atoms with Crippen molar-refractivity contribution in [2.24, 2.45) is 0 Å². The monoisotopic (exact) mass is 96.1 g/mol. The van der Waals surface area contributed by atoms with Crippen LogP contribution in [0.3, 0.4) is 0 Å². The number of rotatable bonds is 0. The van der Waals surface area contributed by atoms with Crippen molar-refractivity contribution in [1.82, 2.24) is 5.32 Å². The molecule has 1 N–H and O–H groups in total. The molecule has 1 heterocycles. The minimum atomic E-state index is 0.644. The molecule has 1 aliphatic rings. The molecule has 0 aromatic heterocycles. The molecule has 1 unspecified atom stereocenters. The summed E-state index contributed by atoms with van der Waals surface area (Å²) in [5, 5.41) is 3.26. The molecular formula is C6H10N. The van der Waals surface area contributed by atoms with Crippen molar-refractivity contribution in [3.8, 4) is 0 Å². The van der Waals surface area contributed by atoms with Crippen LogP contribution in [0.25, 0.3) is 0 Å². The third kappa shape index (κ3) is 1.32. The number of hydrogen-bond acceptors (Lipinski definition) is 1. The van der Waals surface area contributed by atoms with E-state index in [4.69, 9.17) is 0 Å². The van der Waals surface area contributed by atoms with Gasteiger partial charge in [0.05, 0.1) is 0 Å². The molecule has 1 nitrogen and oxygen atoms in total. The Morgan fingerprint density at radius 2 is 2.71 bits per heavy atom. The molecule has 0 saturated carbocycles. The van der Waals surface area contributed by atoms with Crippen LogP contribution in [-0.4, -0.2) is 12.6 Å². The molecule has 39 valence electrons. The van der Waals surface area contributed by atoms with Gasteiger partial charge in [-0.15, -0.1) is 0 Å². The van der Waals surface area contributed by atoms with Gasteiger partial charge >= 0.3 is 0 Å². The van der Waals surface area contributed by atoms with E-state index in [1.54, 1.807) is 0 Å². The van der Waals surface area contributed by atoms with E-state index in [0.717, 1.165) is 13.0 Å². The van der Waals surface area contributed by atoms with E-state index in [1.807, 2.05) is 6.08 Å². The predicted octanol–water partition coefficient (Wildman–Crippen LogP) is 0.728. The molecule has 1 radical (unpaired) electrons. The van der Waals surface area contributed by atoms with E-state index in [0.29, 0.717) is 6.04 Å². The Hall–Kier alpha value is -0.300. The van der Waals surface area contributed by atoms with Crippen LogP contribution in [0.15, 0.2) is 6.08 Å². The number of hydrogen-bond donors (Lipinski definition) is 1. The normalized spacial score (nSPS) is 30.7. The van der Waals surface area contributed by atoms with Crippen LogP contribution in [0.1, 0.15) is 13.3 Å². The van der Waals surface area contributed by atoms with Crippen molar-refractivity contribution < 1.29 is 0 Å². The maximum absolute atomic E-state index is 3.26. The highest BCUT2D eigenvalue weighted by Gasteiger charge is 1.98. The van der Waals surface area contributed by atoms with Crippen LogP contribution in [0.4, 0.5) is 0 Å². The van der Waals surface area contributed by atoms with E-state index in [-0.39, 0.29) is 0 Å². The Balaban J connectivity index is 2.32. The van der Waals surface area contributed by atoms with Gasteiger partial charge in [-0.3, -0.25) is 0 Å². The standard InChI is InChI=1S/C6H10N/c1-6-4-2-3-5-7-6/h3,6-7H,4-5H2,1H3. The van der Waals surface area contributed by atoms with E-state index in [2.05, 4.69) is 18.3 Å². The van der Waals surface area contributed by atoms with Crippen molar-refractivity contribution >= 4 is 0 Å². The van der Waals surface area contributed by atoms with Crippen molar-refractivity contribution in [2.75, 3.05) is 6.54 Å². The summed E-state index contributed by atoms with van der Waals surface area (Å²) in [6, 6.07) is 0.644. The molecule has 0 saturated heterocycles. The summed E-state index contributed by atoms with van der Waals surface area (Å²) in [6.07, 6.45) is 6.26. The van der Waals surface area contributed by atoms with Crippen LogP contribution < -0.4 is 5.32 Å². The van der Waals surface area contributed by atoms with Crippen LogP contribution >= 0.6 is 0 Å². The topological polar surface area (TPSA) is 12.0 Å². The SMILES string of the molecule is CC1C[C]=CCN1. The average molecular weight is 96.2 g/mol. The predicted molar refractivity (Wildman–Crippen MR) is 29.9 cm³/mol. The van der Waals surface area contributed by atoms with Crippen LogP contribution in [0, 0.1) is 6.08 Å². The molecule has 0 aromatic rings. The van der Waals surface area contributed by atoms with Gasteiger partial charge in [0.2, 0.25) is 0 Å². The van der Waals surface area contributed by atoms with Crippen molar-refractivity contribution in [3.05, 3.63) is 12.2 Å². The summed E-state index contributed by atoms with van der Waals surface area (Å²) in [5.41, 5.74) is 0. The lowest BCUT2D eigenvalue weighted by Crippen LogP contribution is -2.28. The van der Waals surface area contributed by atoms with E-state index in [9.17, 15) is 0 Å². The van der Waals surface area contributed by atoms with Gasteiger partial charge in [0.1, 0.15) is 0 Å². The Kier molecular flexibility index (Phi) is 1.47. The Morgan fingerprint density at radius 1 is 1.86 bits per heavy atom. The summed E-state index contributed by atoms with van der Waals surface area (Å²) in [4.78, 5) is 0. The summed E-state index contributed by atoms with van der Waals surface area (Å²) in [5.74, 6) is 0. The third-order valence-electron chi connectivity index (χ3n) is 1.14. The second-order valence-electron chi connectivity index (χ2n) is 1.92. The zero-order valence-electron chi connectivity index (χ0n) is 4.57. The first-order chi connectivity index (χ1) is 3.39. The molecule has 0 bridgehead atoms. The van der Waals surface area contributed by atoms with Gasteiger partial charge in [0.15, 0.2) is 0 Å². The number of nitrogens with one attached hydrogen (secondary N) is 1. The molecule has 1 heteroatoms. The second-order valence-corrected chi connectivity index (χ2v) is 1.92. The van der Waals surface area contributed by atoms with Gasteiger partial charge in [-0.25, -0.2) is 0 Å². The fourth-order valence-electron chi connectivity index (χ4n) is 0.665. The summed E-state index contributed by atoms with van der Waals surface area (Å²) in [6.45, 7) is 3.17. The fraction of sp³-hybridized carbons (Fsp3) is 0.667. The van der Waals surface area contributed by atoms with Gasteiger partial charge in [-0.05, 0) is 19.4 Å². The van der Waals surface area contributed by atoms with E-state index in [1.165, 1.54) is 0 Å². The minimum Gasteiger partial charge on any atom is -0.310 e. The van der Waals surface area contributed by atoms with Gasteiger partial charge in [-0.2, -0.15) is 0 Å². The fourth-order valence-corrected chi connectivity index (χ4v) is 0.665. The highest BCUT2D eigenvalue weighted by molar-refractivity contribution is 4.85. The van der Waals surface area contributed by atoms with E-state index >= 15 is 0 Å². The Morgan fingerprint density at radius 3 is 3.00 bits per heavy atom. The van der Waals surface area contributed by atoms with Gasteiger partial charge in [0, 0.05) is 12.6 Å². The minimum absolute atomic E-state index is 0.644. The zero-order chi connectivity index (χ0) is 5.11. The average Bonchev–Trinajstić information content (AvgIpc) is 1.69. The van der Waals surface area contributed by atoms with Crippen LogP contribution in [0.5, 0.6) is 0 Å². The molecule has 0 fully saturated rings. The molecular weight excluding hydrogens is 86.1 g/mol. The highest BCUT2D eigenvalue weighted by Crippen LogP contribution is 1.94. The first kappa shape index (κ1) is 4.85.